The second kappa shape index (κ2) is 10.2. The molecule has 36 heavy (non-hydrogen) atoms. The van der Waals surface area contributed by atoms with Crippen LogP contribution in [0.15, 0.2) is 60.9 Å². The number of hydrogen-bond donors (Lipinski definition) is 3. The minimum atomic E-state index is -0.344. The molecule has 0 unspecified atom stereocenters. The Kier molecular flexibility index (Phi) is 6.66. The molecule has 3 heterocycles. The normalized spacial score (nSPS) is 13.6. The van der Waals surface area contributed by atoms with Crippen LogP contribution in [0.2, 0.25) is 0 Å². The third kappa shape index (κ3) is 4.66. The summed E-state index contributed by atoms with van der Waals surface area (Å²) in [6, 6.07) is 14.4. The van der Waals surface area contributed by atoms with Gasteiger partial charge in [0, 0.05) is 54.7 Å². The van der Waals surface area contributed by atoms with Crippen molar-refractivity contribution < 1.29 is 24.2 Å². The van der Waals surface area contributed by atoms with Crippen LogP contribution in [0, 0.1) is 0 Å². The lowest BCUT2D eigenvalue weighted by atomic mass is 9.99. The fraction of sp³-hybridized carbons (Fsp3) is 0.222. The number of phenols is 1. The van der Waals surface area contributed by atoms with Crippen molar-refractivity contribution >= 4 is 28.5 Å². The Bertz CT molecular complexity index is 1420. The van der Waals surface area contributed by atoms with Crippen LogP contribution in [0.1, 0.15) is 10.4 Å². The molecule has 2 aromatic heterocycles. The number of phenolic OH excluding ortho intramolecular Hbond substituents is 1. The summed E-state index contributed by atoms with van der Waals surface area (Å²) < 4.78 is 10.3. The molecule has 1 saturated heterocycles. The summed E-state index contributed by atoms with van der Waals surface area (Å²) in [5.74, 6) is -0.346. The van der Waals surface area contributed by atoms with Crippen molar-refractivity contribution in [1.82, 2.24) is 14.9 Å². The predicted octanol–water partition coefficient (Wildman–Crippen LogP) is 3.66. The van der Waals surface area contributed by atoms with Gasteiger partial charge in [-0.2, -0.15) is 0 Å². The minimum Gasteiger partial charge on any atom is -0.507 e. The Balaban J connectivity index is 1.56. The molecular formula is C27H26N4O5. The van der Waals surface area contributed by atoms with E-state index in [-0.39, 0.29) is 24.2 Å². The van der Waals surface area contributed by atoms with Gasteiger partial charge in [-0.25, -0.2) is 4.98 Å². The monoisotopic (exact) mass is 486 g/mol. The lowest BCUT2D eigenvalue weighted by molar-refractivity contribution is -0.119. The number of carbonyl (C=O) groups is 2. The van der Waals surface area contributed by atoms with Crippen LogP contribution in [0.5, 0.6) is 5.75 Å². The molecule has 3 N–H and O–H groups in total. The molecule has 0 aliphatic carbocycles. The van der Waals surface area contributed by atoms with E-state index in [0.717, 1.165) is 22.1 Å². The fourth-order valence-corrected chi connectivity index (χ4v) is 4.35. The van der Waals surface area contributed by atoms with Gasteiger partial charge >= 0.3 is 0 Å². The Morgan fingerprint density at radius 3 is 2.69 bits per heavy atom. The van der Waals surface area contributed by atoms with Crippen molar-refractivity contribution in [1.29, 1.82) is 0 Å². The van der Waals surface area contributed by atoms with Gasteiger partial charge < -0.3 is 29.8 Å². The molecule has 0 radical (unpaired) electrons. The molecule has 1 aliphatic heterocycles. The number of aromatic nitrogens is 2. The van der Waals surface area contributed by atoms with E-state index in [2.05, 4.69) is 15.3 Å². The Hall–Kier alpha value is -4.21. The zero-order valence-corrected chi connectivity index (χ0v) is 19.8. The van der Waals surface area contributed by atoms with E-state index in [0.29, 0.717) is 48.8 Å². The lowest BCUT2D eigenvalue weighted by Crippen LogP contribution is -2.41. The summed E-state index contributed by atoms with van der Waals surface area (Å²) >= 11 is 0. The first-order valence-corrected chi connectivity index (χ1v) is 11.6. The van der Waals surface area contributed by atoms with Crippen molar-refractivity contribution in [2.75, 3.05) is 45.3 Å². The van der Waals surface area contributed by atoms with Crippen LogP contribution >= 0.6 is 0 Å². The van der Waals surface area contributed by atoms with Gasteiger partial charge in [-0.1, -0.05) is 24.3 Å². The van der Waals surface area contributed by atoms with Crippen LogP contribution < -0.4 is 5.32 Å². The molecule has 0 bridgehead atoms. The number of amides is 2. The van der Waals surface area contributed by atoms with E-state index in [1.54, 1.807) is 35.4 Å². The maximum absolute atomic E-state index is 13.4. The lowest BCUT2D eigenvalue weighted by Gasteiger charge is -2.28. The number of benzene rings is 2. The standard InChI is InChI=1S/C27H26N4O5/c1-35-16-25(33)30-23-7-6-17(12-21(23)27(34)31-8-10-36-11-9-31)18-13-20-22(15-29-26(20)28-14-18)19-4-2-3-5-24(19)32/h2-7,12-15,32H,8-11,16H2,1H3,(H,28,29)(H,30,33). The van der Waals surface area contributed by atoms with Crippen LogP contribution in [0.25, 0.3) is 33.3 Å². The Morgan fingerprint density at radius 1 is 1.11 bits per heavy atom. The highest BCUT2D eigenvalue weighted by Crippen LogP contribution is 2.36. The van der Waals surface area contributed by atoms with Gasteiger partial charge in [-0.15, -0.1) is 0 Å². The third-order valence-electron chi connectivity index (χ3n) is 6.16. The summed E-state index contributed by atoms with van der Waals surface area (Å²) in [5, 5.41) is 14.0. The fourth-order valence-electron chi connectivity index (χ4n) is 4.35. The number of nitrogens with zero attached hydrogens (tertiary/aromatic N) is 2. The second-order valence-corrected chi connectivity index (χ2v) is 8.49. The number of ether oxygens (including phenoxy) is 2. The molecule has 0 spiro atoms. The first kappa shape index (κ1) is 23.5. The average molecular weight is 487 g/mol. The highest BCUT2D eigenvalue weighted by molar-refractivity contribution is 6.05. The number of methoxy groups -OCH3 is 1. The smallest absolute Gasteiger partial charge is 0.256 e. The second-order valence-electron chi connectivity index (χ2n) is 8.49. The zero-order chi connectivity index (χ0) is 25.1. The van der Waals surface area contributed by atoms with Crippen molar-refractivity contribution in [2.24, 2.45) is 0 Å². The molecule has 9 heteroatoms. The molecule has 0 saturated carbocycles. The van der Waals surface area contributed by atoms with Crippen molar-refractivity contribution in [2.45, 2.75) is 0 Å². The predicted molar refractivity (Wildman–Crippen MR) is 136 cm³/mol. The number of fused-ring (bicyclic) bond motifs is 1. The SMILES string of the molecule is COCC(=O)Nc1ccc(-c2cnc3[nH]cc(-c4ccccc4O)c3c2)cc1C(=O)N1CCOCC1. The number of pyridine rings is 1. The number of morpholine rings is 1. The Morgan fingerprint density at radius 2 is 1.92 bits per heavy atom. The number of para-hydroxylation sites is 1. The first-order chi connectivity index (χ1) is 17.5. The molecule has 1 aliphatic rings. The quantitative estimate of drug-likeness (QED) is 0.383. The number of rotatable bonds is 6. The maximum Gasteiger partial charge on any atom is 0.256 e. The van der Waals surface area contributed by atoms with Crippen molar-refractivity contribution in [3.8, 4) is 28.0 Å². The van der Waals surface area contributed by atoms with Crippen LogP contribution in [0.4, 0.5) is 5.69 Å². The average Bonchev–Trinajstić information content (AvgIpc) is 3.32. The first-order valence-electron chi connectivity index (χ1n) is 11.6. The van der Waals surface area contributed by atoms with Gasteiger partial charge in [-0.3, -0.25) is 9.59 Å². The number of carbonyl (C=O) groups excluding carboxylic acids is 2. The molecular weight excluding hydrogens is 460 g/mol. The topological polar surface area (TPSA) is 117 Å². The number of aromatic hydroxyl groups is 1. The van der Waals surface area contributed by atoms with Crippen molar-refractivity contribution in [3.05, 3.63) is 66.5 Å². The largest absolute Gasteiger partial charge is 0.507 e. The minimum absolute atomic E-state index is 0.115. The Labute approximate surface area is 207 Å². The van der Waals surface area contributed by atoms with Crippen molar-refractivity contribution in [3.63, 3.8) is 0 Å². The van der Waals surface area contributed by atoms with E-state index < -0.39 is 0 Å². The number of hydrogen-bond acceptors (Lipinski definition) is 6. The van der Waals surface area contributed by atoms with Gasteiger partial charge in [0.1, 0.15) is 18.0 Å². The molecule has 184 valence electrons. The summed E-state index contributed by atoms with van der Waals surface area (Å²) in [4.78, 5) is 35.1. The molecule has 5 rings (SSSR count). The molecule has 9 nitrogen and oxygen atoms in total. The molecule has 4 aromatic rings. The van der Waals surface area contributed by atoms with Gasteiger partial charge in [0.05, 0.1) is 24.5 Å². The zero-order valence-electron chi connectivity index (χ0n) is 19.8. The molecule has 0 atom stereocenters. The molecule has 2 aromatic carbocycles. The van der Waals surface area contributed by atoms with Gasteiger partial charge in [-0.05, 0) is 29.8 Å². The summed E-state index contributed by atoms with van der Waals surface area (Å²) in [6.07, 6.45) is 3.55. The van der Waals surface area contributed by atoms with Gasteiger partial charge in [0.15, 0.2) is 0 Å². The van der Waals surface area contributed by atoms with E-state index in [9.17, 15) is 14.7 Å². The summed E-state index contributed by atoms with van der Waals surface area (Å²) in [5.41, 5.74) is 4.58. The van der Waals surface area contributed by atoms with Crippen LogP contribution in [-0.2, 0) is 14.3 Å². The number of nitrogens with one attached hydrogen (secondary N) is 2. The number of aromatic amines is 1. The van der Waals surface area contributed by atoms with Gasteiger partial charge in [0.25, 0.3) is 5.91 Å². The number of H-pyrrole nitrogens is 1. The van der Waals surface area contributed by atoms with E-state index in [4.69, 9.17) is 9.47 Å². The van der Waals surface area contributed by atoms with Crippen LogP contribution in [-0.4, -0.2) is 71.8 Å². The van der Waals surface area contributed by atoms with E-state index in [1.165, 1.54) is 7.11 Å². The van der Waals surface area contributed by atoms with Crippen LogP contribution in [0.3, 0.4) is 0 Å². The third-order valence-corrected chi connectivity index (χ3v) is 6.16. The van der Waals surface area contributed by atoms with E-state index >= 15 is 0 Å². The highest BCUT2D eigenvalue weighted by Gasteiger charge is 2.23. The summed E-state index contributed by atoms with van der Waals surface area (Å²) in [7, 11) is 1.44. The van der Waals surface area contributed by atoms with Gasteiger partial charge in [0.2, 0.25) is 5.91 Å². The summed E-state index contributed by atoms with van der Waals surface area (Å²) in [6.45, 7) is 1.79. The number of anilines is 1. The molecule has 1 fully saturated rings. The van der Waals surface area contributed by atoms with E-state index in [1.807, 2.05) is 30.5 Å². The highest BCUT2D eigenvalue weighted by atomic mass is 16.5. The molecule has 2 amide bonds. The maximum atomic E-state index is 13.4.